The Bertz CT molecular complexity index is 1620. The van der Waals surface area contributed by atoms with Crippen LogP contribution in [0.2, 0.25) is 0 Å². The summed E-state index contributed by atoms with van der Waals surface area (Å²) in [4.78, 5) is 24.3. The quantitative estimate of drug-likeness (QED) is 0.254. The van der Waals surface area contributed by atoms with E-state index in [4.69, 9.17) is 9.72 Å². The zero-order chi connectivity index (χ0) is 27.1. The van der Waals surface area contributed by atoms with Crippen LogP contribution in [0.15, 0.2) is 91.2 Å². The molecule has 2 aromatic heterocycles. The lowest BCUT2D eigenvalue weighted by Crippen LogP contribution is -2.61. The van der Waals surface area contributed by atoms with E-state index in [1.807, 2.05) is 49.4 Å². The summed E-state index contributed by atoms with van der Waals surface area (Å²) >= 11 is 0. The van der Waals surface area contributed by atoms with Gasteiger partial charge in [-0.3, -0.25) is 5.32 Å². The maximum atomic E-state index is 13.5. The van der Waals surface area contributed by atoms with Crippen LogP contribution in [0.3, 0.4) is 0 Å². The van der Waals surface area contributed by atoms with Crippen LogP contribution in [-0.2, 0) is 16.7 Å². The summed E-state index contributed by atoms with van der Waals surface area (Å²) in [7, 11) is 1.63. The van der Waals surface area contributed by atoms with E-state index in [2.05, 4.69) is 33.4 Å². The summed E-state index contributed by atoms with van der Waals surface area (Å²) in [6, 6.07) is 14.1. The number of nitrogens with zero attached hydrogens (tertiary/aromatic N) is 2. The first-order valence-electron chi connectivity index (χ1n) is 12.8. The molecule has 39 heavy (non-hydrogen) atoms. The van der Waals surface area contributed by atoms with Gasteiger partial charge >= 0.3 is 6.09 Å². The molecule has 8 nitrogen and oxygen atoms in total. The monoisotopic (exact) mass is 524 g/mol. The van der Waals surface area contributed by atoms with Gasteiger partial charge in [-0.2, -0.15) is 5.43 Å². The van der Waals surface area contributed by atoms with E-state index < -0.39 is 17.9 Å². The highest BCUT2D eigenvalue weighted by atomic mass is 19.1. The van der Waals surface area contributed by atoms with Crippen molar-refractivity contribution in [3.05, 3.63) is 114 Å². The number of cyclic esters (lactones) is 1. The Labute approximate surface area is 225 Å². The molecule has 4 N–H and O–H groups in total. The van der Waals surface area contributed by atoms with Gasteiger partial charge in [0.1, 0.15) is 17.2 Å². The van der Waals surface area contributed by atoms with Crippen LogP contribution in [0, 0.1) is 5.82 Å². The zero-order valence-corrected chi connectivity index (χ0v) is 21.7. The van der Waals surface area contributed by atoms with E-state index in [1.165, 1.54) is 17.1 Å². The van der Waals surface area contributed by atoms with E-state index in [0.717, 1.165) is 33.4 Å². The molecule has 6 rings (SSSR count). The second-order valence-corrected chi connectivity index (χ2v) is 9.78. The van der Waals surface area contributed by atoms with Crippen molar-refractivity contribution in [2.45, 2.75) is 31.2 Å². The lowest BCUT2D eigenvalue weighted by molar-refractivity contribution is 0.0516. The number of allylic oxidation sites excluding steroid dienone is 3. The molecule has 0 bridgehead atoms. The molecule has 9 heteroatoms. The van der Waals surface area contributed by atoms with E-state index in [1.54, 1.807) is 25.4 Å². The third-order valence-corrected chi connectivity index (χ3v) is 7.40. The standard InChI is InChI=1S/C30H29FN6O2/c1-4-5-6-9-18(2)30(28-36-37(3)29(38)39-28)26-22(21-10-7-8-11-23(21)33-26)16-24(35-30)27-32-17-25(34-27)19-12-14-20(31)15-13-19/h4-15,17,24,28,33,35-36H,2,16H2,1,3H3,(H,32,34). The van der Waals surface area contributed by atoms with E-state index in [9.17, 15) is 9.18 Å². The van der Waals surface area contributed by atoms with Crippen LogP contribution in [-0.4, -0.2) is 39.3 Å². The van der Waals surface area contributed by atoms with Crippen molar-refractivity contribution in [1.29, 1.82) is 0 Å². The maximum absolute atomic E-state index is 13.5. The average molecular weight is 525 g/mol. The Balaban J connectivity index is 1.51. The first-order valence-corrected chi connectivity index (χ1v) is 12.8. The fourth-order valence-corrected chi connectivity index (χ4v) is 5.47. The second-order valence-electron chi connectivity index (χ2n) is 9.78. The van der Waals surface area contributed by atoms with Crippen LogP contribution in [0.1, 0.15) is 30.0 Å². The number of hydrogen-bond acceptors (Lipinski definition) is 5. The number of H-pyrrole nitrogens is 2. The molecule has 1 fully saturated rings. The SMILES string of the molecule is C=C(C=CC=CC)C1(C2NN(C)C(=O)O2)NC(c2ncc(-c3ccc(F)cc3)[nH]2)Cc2c1[nH]c1ccccc21. The summed E-state index contributed by atoms with van der Waals surface area (Å²) in [5.74, 6) is 0.412. The van der Waals surface area contributed by atoms with Crippen molar-refractivity contribution in [1.82, 2.24) is 30.7 Å². The summed E-state index contributed by atoms with van der Waals surface area (Å²) in [6.07, 6.45) is 8.79. The molecule has 3 unspecified atom stereocenters. The number of fused-ring (bicyclic) bond motifs is 3. The average Bonchev–Trinajstić information content (AvgIpc) is 3.66. The highest BCUT2D eigenvalue weighted by molar-refractivity contribution is 5.86. The van der Waals surface area contributed by atoms with Crippen molar-refractivity contribution < 1.29 is 13.9 Å². The van der Waals surface area contributed by atoms with Gasteiger partial charge in [-0.15, -0.1) is 0 Å². The fraction of sp³-hybridized carbons (Fsp3) is 0.200. The number of benzene rings is 2. The van der Waals surface area contributed by atoms with Gasteiger partial charge in [0, 0.05) is 23.6 Å². The van der Waals surface area contributed by atoms with Gasteiger partial charge < -0.3 is 14.7 Å². The number of halogens is 1. The van der Waals surface area contributed by atoms with Crippen molar-refractivity contribution in [2.75, 3.05) is 7.05 Å². The zero-order valence-electron chi connectivity index (χ0n) is 21.7. The first kappa shape index (κ1) is 24.8. The van der Waals surface area contributed by atoms with Gasteiger partial charge in [0.25, 0.3) is 0 Å². The second kappa shape index (κ2) is 9.68. The Hall–Kier alpha value is -4.47. The molecule has 198 valence electrons. The van der Waals surface area contributed by atoms with Crippen molar-refractivity contribution in [3.8, 4) is 11.3 Å². The maximum Gasteiger partial charge on any atom is 0.425 e. The molecular formula is C30H29FN6O2. The van der Waals surface area contributed by atoms with E-state index in [-0.39, 0.29) is 11.9 Å². The minimum absolute atomic E-state index is 0.288. The molecule has 0 spiro atoms. The third kappa shape index (κ3) is 4.16. The van der Waals surface area contributed by atoms with Gasteiger partial charge in [-0.25, -0.2) is 19.2 Å². The predicted molar refractivity (Wildman–Crippen MR) is 148 cm³/mol. The molecule has 1 saturated heterocycles. The highest BCUT2D eigenvalue weighted by Crippen LogP contribution is 2.46. The number of carbonyl (C=O) groups excluding carboxylic acids is 1. The van der Waals surface area contributed by atoms with Crippen LogP contribution < -0.4 is 10.7 Å². The number of hydrogen-bond donors (Lipinski definition) is 4. The molecule has 2 aliphatic rings. The summed E-state index contributed by atoms with van der Waals surface area (Å²) in [5, 5.41) is 6.17. The summed E-state index contributed by atoms with van der Waals surface area (Å²) < 4.78 is 19.4. The van der Waals surface area contributed by atoms with Crippen LogP contribution in [0.25, 0.3) is 22.2 Å². The summed E-state index contributed by atoms with van der Waals surface area (Å²) in [6.45, 7) is 6.40. The summed E-state index contributed by atoms with van der Waals surface area (Å²) in [5.41, 5.74) is 7.36. The van der Waals surface area contributed by atoms with Crippen LogP contribution >= 0.6 is 0 Å². The number of imidazole rings is 1. The minimum atomic E-state index is -1.06. The number of amides is 1. The molecule has 2 aliphatic heterocycles. The molecule has 0 saturated carbocycles. The number of hydrazine groups is 1. The lowest BCUT2D eigenvalue weighted by atomic mass is 9.77. The number of nitrogens with one attached hydrogen (secondary N) is 4. The normalized spacial score (nSPS) is 23.2. The number of aromatic nitrogens is 3. The van der Waals surface area contributed by atoms with Crippen molar-refractivity contribution in [3.63, 3.8) is 0 Å². The Kier molecular flexibility index (Phi) is 6.17. The minimum Gasteiger partial charge on any atom is -0.425 e. The van der Waals surface area contributed by atoms with E-state index in [0.29, 0.717) is 17.8 Å². The first-order chi connectivity index (χ1) is 18.9. The number of para-hydroxylation sites is 1. The molecular weight excluding hydrogens is 495 g/mol. The molecule has 3 atom stereocenters. The Morgan fingerprint density at radius 1 is 1.18 bits per heavy atom. The molecule has 4 heterocycles. The van der Waals surface area contributed by atoms with Crippen LogP contribution in [0.4, 0.5) is 9.18 Å². The number of carbonyl (C=O) groups is 1. The van der Waals surface area contributed by atoms with E-state index >= 15 is 0 Å². The van der Waals surface area contributed by atoms with Gasteiger partial charge in [-0.1, -0.05) is 49.1 Å². The lowest BCUT2D eigenvalue weighted by Gasteiger charge is -2.44. The molecule has 2 aromatic carbocycles. The van der Waals surface area contributed by atoms with Gasteiger partial charge in [0.15, 0.2) is 6.23 Å². The number of rotatable bonds is 6. The molecule has 0 radical (unpaired) electrons. The topological polar surface area (TPSA) is 98.1 Å². The molecule has 1 amide bonds. The smallest absolute Gasteiger partial charge is 0.425 e. The number of ether oxygens (including phenoxy) is 1. The fourth-order valence-electron chi connectivity index (χ4n) is 5.47. The number of aromatic amines is 2. The highest BCUT2D eigenvalue weighted by Gasteiger charge is 2.54. The van der Waals surface area contributed by atoms with Gasteiger partial charge in [0.05, 0.1) is 17.9 Å². The van der Waals surface area contributed by atoms with Crippen molar-refractivity contribution in [2.24, 2.45) is 0 Å². The Morgan fingerprint density at radius 2 is 1.97 bits per heavy atom. The Morgan fingerprint density at radius 3 is 2.72 bits per heavy atom. The predicted octanol–water partition coefficient (Wildman–Crippen LogP) is 5.38. The van der Waals surface area contributed by atoms with Crippen molar-refractivity contribution >= 4 is 17.0 Å². The van der Waals surface area contributed by atoms with Gasteiger partial charge in [0.2, 0.25) is 0 Å². The molecule has 4 aromatic rings. The van der Waals surface area contributed by atoms with Crippen LogP contribution in [0.5, 0.6) is 0 Å². The van der Waals surface area contributed by atoms with Gasteiger partial charge in [-0.05, 0) is 60.4 Å². The molecule has 0 aliphatic carbocycles. The largest absolute Gasteiger partial charge is 0.425 e. The third-order valence-electron chi connectivity index (χ3n) is 7.40.